The van der Waals surface area contributed by atoms with E-state index < -0.39 is 0 Å². The summed E-state index contributed by atoms with van der Waals surface area (Å²) >= 11 is 1.67. The fourth-order valence-electron chi connectivity index (χ4n) is 2.40. The Balaban J connectivity index is 1.56. The Morgan fingerprint density at radius 2 is 1.79 bits per heavy atom. The third kappa shape index (κ3) is 3.97. The van der Waals surface area contributed by atoms with Gasteiger partial charge in [-0.05, 0) is 41.1 Å². The first-order chi connectivity index (χ1) is 11.8. The Morgan fingerprint density at radius 3 is 2.50 bits per heavy atom. The van der Waals surface area contributed by atoms with Crippen LogP contribution in [0.4, 0.5) is 0 Å². The summed E-state index contributed by atoms with van der Waals surface area (Å²) in [5.74, 6) is -0.0458. The number of thiophene rings is 1. The van der Waals surface area contributed by atoms with Crippen molar-refractivity contribution in [1.82, 2.24) is 5.32 Å². The molecule has 1 N–H and O–H groups in total. The lowest BCUT2D eigenvalue weighted by Crippen LogP contribution is -2.25. The molecule has 0 aliphatic heterocycles. The molecule has 0 spiro atoms. The van der Waals surface area contributed by atoms with Gasteiger partial charge in [0.1, 0.15) is 6.29 Å². The van der Waals surface area contributed by atoms with E-state index in [9.17, 15) is 9.59 Å². The molecule has 0 atom stereocenters. The fourth-order valence-corrected chi connectivity index (χ4v) is 3.35. The van der Waals surface area contributed by atoms with Gasteiger partial charge in [-0.15, -0.1) is 11.3 Å². The highest BCUT2D eigenvalue weighted by Crippen LogP contribution is 2.27. The molecule has 0 saturated heterocycles. The molecule has 0 saturated carbocycles. The number of aldehydes is 1. The van der Waals surface area contributed by atoms with Crippen molar-refractivity contribution >= 4 is 23.5 Å². The maximum atomic E-state index is 12.0. The Bertz CT molecular complexity index is 822. The van der Waals surface area contributed by atoms with Gasteiger partial charge in [0.2, 0.25) is 0 Å². The number of carbonyl (C=O) groups is 2. The summed E-state index contributed by atoms with van der Waals surface area (Å²) in [5, 5.41) is 5.05. The molecule has 0 aliphatic carbocycles. The van der Waals surface area contributed by atoms with Crippen molar-refractivity contribution in [3.05, 3.63) is 82.7 Å². The predicted octanol–water partition coefficient (Wildman–Crippen LogP) is 4.20. The Kier molecular flexibility index (Phi) is 5.18. The van der Waals surface area contributed by atoms with Crippen molar-refractivity contribution < 1.29 is 9.59 Å². The van der Waals surface area contributed by atoms with Crippen LogP contribution in [0.3, 0.4) is 0 Å². The minimum atomic E-state index is -0.0458. The first-order valence-corrected chi connectivity index (χ1v) is 8.60. The quantitative estimate of drug-likeness (QED) is 0.686. The topological polar surface area (TPSA) is 46.2 Å². The number of amides is 1. The zero-order valence-electron chi connectivity index (χ0n) is 13.1. The second-order valence-electron chi connectivity index (χ2n) is 5.43. The van der Waals surface area contributed by atoms with Crippen LogP contribution >= 0.6 is 11.3 Å². The molecule has 3 aromatic rings. The molecule has 1 heterocycles. The lowest BCUT2D eigenvalue weighted by Gasteiger charge is -2.04. The molecule has 0 aliphatic rings. The van der Waals surface area contributed by atoms with Crippen molar-refractivity contribution in [2.75, 3.05) is 6.54 Å². The summed E-state index contributed by atoms with van der Waals surface area (Å²) < 4.78 is 0. The zero-order valence-corrected chi connectivity index (χ0v) is 13.9. The first-order valence-electron chi connectivity index (χ1n) is 7.72. The van der Waals surface area contributed by atoms with Crippen LogP contribution in [0, 0.1) is 0 Å². The summed E-state index contributed by atoms with van der Waals surface area (Å²) in [6.45, 7) is 0.605. The lowest BCUT2D eigenvalue weighted by atomic mass is 10.1. The van der Waals surface area contributed by atoms with Crippen LogP contribution in [0.2, 0.25) is 0 Å². The van der Waals surface area contributed by atoms with Crippen LogP contribution in [0.25, 0.3) is 10.4 Å². The van der Waals surface area contributed by atoms with Crippen molar-refractivity contribution in [1.29, 1.82) is 0 Å². The molecule has 120 valence electrons. The third-order valence-corrected chi connectivity index (χ3v) is 4.75. The third-order valence-electron chi connectivity index (χ3n) is 3.72. The van der Waals surface area contributed by atoms with Crippen molar-refractivity contribution in [3.8, 4) is 10.4 Å². The van der Waals surface area contributed by atoms with E-state index in [2.05, 4.69) is 16.8 Å². The van der Waals surface area contributed by atoms with Crippen LogP contribution in [0.5, 0.6) is 0 Å². The molecule has 0 radical (unpaired) electrons. The number of nitrogens with one attached hydrogen (secondary N) is 1. The predicted molar refractivity (Wildman–Crippen MR) is 97.6 cm³/mol. The number of rotatable bonds is 6. The van der Waals surface area contributed by atoms with E-state index in [-0.39, 0.29) is 5.91 Å². The Labute approximate surface area is 145 Å². The SMILES string of the molecule is O=Cc1ccc(-c2cc(CCNC(=O)c3ccccc3)cs2)cc1. The largest absolute Gasteiger partial charge is 0.352 e. The molecule has 0 fully saturated rings. The molecule has 0 bridgehead atoms. The second kappa shape index (κ2) is 7.70. The zero-order chi connectivity index (χ0) is 16.8. The molecular formula is C20H17NO2S. The maximum absolute atomic E-state index is 12.0. The van der Waals surface area contributed by atoms with Crippen molar-refractivity contribution in [2.45, 2.75) is 6.42 Å². The Hall–Kier alpha value is -2.72. The van der Waals surface area contributed by atoms with Crippen LogP contribution in [-0.4, -0.2) is 18.7 Å². The highest BCUT2D eigenvalue weighted by atomic mass is 32.1. The summed E-state index contributed by atoms with van der Waals surface area (Å²) in [4.78, 5) is 23.9. The molecule has 4 heteroatoms. The first kappa shape index (κ1) is 16.1. The van der Waals surface area contributed by atoms with Gasteiger partial charge in [-0.2, -0.15) is 0 Å². The second-order valence-corrected chi connectivity index (χ2v) is 6.34. The number of benzene rings is 2. The van der Waals surface area contributed by atoms with Gasteiger partial charge in [-0.25, -0.2) is 0 Å². The van der Waals surface area contributed by atoms with Crippen molar-refractivity contribution in [3.63, 3.8) is 0 Å². The smallest absolute Gasteiger partial charge is 0.251 e. The minimum absolute atomic E-state index is 0.0458. The fraction of sp³-hybridized carbons (Fsp3) is 0.100. The molecule has 3 nitrogen and oxygen atoms in total. The number of hydrogen-bond donors (Lipinski definition) is 1. The monoisotopic (exact) mass is 335 g/mol. The van der Waals surface area contributed by atoms with Crippen LogP contribution in [0.15, 0.2) is 66.0 Å². The van der Waals surface area contributed by atoms with Gasteiger partial charge in [0.15, 0.2) is 0 Å². The van der Waals surface area contributed by atoms with E-state index >= 15 is 0 Å². The van der Waals surface area contributed by atoms with Gasteiger partial charge >= 0.3 is 0 Å². The van der Waals surface area contributed by atoms with Crippen molar-refractivity contribution in [2.24, 2.45) is 0 Å². The van der Waals surface area contributed by atoms with Crippen LogP contribution in [0.1, 0.15) is 26.3 Å². The molecular weight excluding hydrogens is 318 g/mol. The highest BCUT2D eigenvalue weighted by Gasteiger charge is 2.06. The number of hydrogen-bond acceptors (Lipinski definition) is 3. The minimum Gasteiger partial charge on any atom is -0.352 e. The summed E-state index contributed by atoms with van der Waals surface area (Å²) in [6.07, 6.45) is 1.64. The number of carbonyl (C=O) groups excluding carboxylic acids is 2. The van der Waals surface area contributed by atoms with Gasteiger partial charge in [0.25, 0.3) is 5.91 Å². The van der Waals surface area contributed by atoms with Gasteiger partial charge in [-0.3, -0.25) is 9.59 Å². The molecule has 3 rings (SSSR count). The lowest BCUT2D eigenvalue weighted by molar-refractivity contribution is 0.0954. The molecule has 0 unspecified atom stereocenters. The van der Waals surface area contributed by atoms with E-state index in [1.807, 2.05) is 42.5 Å². The Morgan fingerprint density at radius 1 is 1.04 bits per heavy atom. The molecule has 24 heavy (non-hydrogen) atoms. The molecule has 1 amide bonds. The van der Waals surface area contributed by atoms with Gasteiger partial charge in [-0.1, -0.05) is 42.5 Å². The van der Waals surface area contributed by atoms with E-state index in [1.54, 1.807) is 23.5 Å². The average molecular weight is 335 g/mol. The summed E-state index contributed by atoms with van der Waals surface area (Å²) in [5.41, 5.74) is 3.66. The molecule has 2 aromatic carbocycles. The van der Waals surface area contributed by atoms with E-state index in [1.165, 1.54) is 5.56 Å². The highest BCUT2D eigenvalue weighted by molar-refractivity contribution is 7.13. The van der Waals surface area contributed by atoms with E-state index in [4.69, 9.17) is 0 Å². The standard InChI is InChI=1S/C20H17NO2S/c22-13-15-6-8-17(9-7-15)19-12-16(14-24-19)10-11-21-20(23)18-4-2-1-3-5-18/h1-9,12-14H,10-11H2,(H,21,23). The van der Waals surface area contributed by atoms with E-state index in [0.29, 0.717) is 17.7 Å². The van der Waals surface area contributed by atoms with Crippen LogP contribution < -0.4 is 5.32 Å². The van der Waals surface area contributed by atoms with Crippen LogP contribution in [-0.2, 0) is 6.42 Å². The molecule has 1 aromatic heterocycles. The summed E-state index contributed by atoms with van der Waals surface area (Å²) in [7, 11) is 0. The van der Waals surface area contributed by atoms with Gasteiger partial charge in [0.05, 0.1) is 0 Å². The maximum Gasteiger partial charge on any atom is 0.251 e. The normalized spacial score (nSPS) is 10.3. The van der Waals surface area contributed by atoms with Gasteiger partial charge in [0, 0.05) is 22.5 Å². The van der Waals surface area contributed by atoms with Gasteiger partial charge < -0.3 is 5.32 Å². The summed E-state index contributed by atoms with van der Waals surface area (Å²) in [6, 6.07) is 18.9. The van der Waals surface area contributed by atoms with E-state index in [0.717, 1.165) is 23.1 Å². The average Bonchev–Trinajstić information content (AvgIpc) is 3.11.